The Morgan fingerprint density at radius 1 is 1.58 bits per heavy atom. The summed E-state index contributed by atoms with van der Waals surface area (Å²) in [6, 6.07) is 3.33. The molecule has 0 aliphatic heterocycles. The predicted molar refractivity (Wildman–Crippen MR) is 79.1 cm³/mol. The van der Waals surface area contributed by atoms with Crippen LogP contribution in [0.25, 0.3) is 0 Å². The highest BCUT2D eigenvalue weighted by atomic mass is 32.2. The zero-order valence-corrected chi connectivity index (χ0v) is 12.6. The largest absolute Gasteiger partial charge is 0.468 e. The summed E-state index contributed by atoms with van der Waals surface area (Å²) >= 11 is 1.69. The third kappa shape index (κ3) is 5.26. The Kier molecular flexibility index (Phi) is 6.97. The normalized spacial score (nSPS) is 14.4. The number of hydrogen-bond donors (Lipinski definition) is 2. The third-order valence-electron chi connectivity index (χ3n) is 2.93. The number of rotatable bonds is 8. The van der Waals surface area contributed by atoms with Crippen LogP contribution in [0.3, 0.4) is 0 Å². The van der Waals surface area contributed by atoms with E-state index in [0.717, 1.165) is 11.5 Å². The predicted octanol–water partition coefficient (Wildman–Crippen LogP) is 1.08. The molecule has 3 N–H and O–H groups in total. The molecule has 0 radical (unpaired) electrons. The minimum atomic E-state index is -0.438. The first-order chi connectivity index (χ1) is 9.06. The lowest BCUT2D eigenvalue weighted by atomic mass is 10.2. The smallest absolute Gasteiger partial charge is 0.237 e. The lowest BCUT2D eigenvalue weighted by molar-refractivity contribution is -0.122. The third-order valence-corrected chi connectivity index (χ3v) is 3.58. The fraction of sp³-hybridized carbons (Fsp3) is 0.615. The minimum absolute atomic E-state index is 0.0201. The van der Waals surface area contributed by atoms with E-state index in [-0.39, 0.29) is 11.9 Å². The van der Waals surface area contributed by atoms with Crippen molar-refractivity contribution in [3.8, 4) is 0 Å². The van der Waals surface area contributed by atoms with Crippen LogP contribution in [0, 0.1) is 0 Å². The van der Waals surface area contributed by atoms with Crippen molar-refractivity contribution in [2.45, 2.75) is 18.5 Å². The van der Waals surface area contributed by atoms with Gasteiger partial charge in [0.15, 0.2) is 0 Å². The number of carbonyl (C=O) groups is 1. The van der Waals surface area contributed by atoms with Crippen molar-refractivity contribution in [1.29, 1.82) is 0 Å². The maximum absolute atomic E-state index is 11.9. The van der Waals surface area contributed by atoms with E-state index in [9.17, 15) is 4.79 Å². The quantitative estimate of drug-likeness (QED) is 0.748. The first-order valence-electron chi connectivity index (χ1n) is 6.28. The zero-order valence-electron chi connectivity index (χ0n) is 11.8. The minimum Gasteiger partial charge on any atom is -0.468 e. The van der Waals surface area contributed by atoms with Gasteiger partial charge in [-0.3, -0.25) is 9.69 Å². The molecule has 19 heavy (non-hydrogen) atoms. The lowest BCUT2D eigenvalue weighted by Crippen LogP contribution is -2.44. The Balaban J connectivity index is 2.46. The number of nitrogens with zero attached hydrogens (tertiary/aromatic N) is 1. The lowest BCUT2D eigenvalue weighted by Gasteiger charge is -2.23. The second-order valence-corrected chi connectivity index (χ2v) is 5.61. The average Bonchev–Trinajstić information content (AvgIpc) is 2.89. The van der Waals surface area contributed by atoms with E-state index < -0.39 is 6.04 Å². The molecular formula is C13H23N3O2S. The molecule has 0 aromatic carbocycles. The molecule has 1 amide bonds. The number of furan rings is 1. The summed E-state index contributed by atoms with van der Waals surface area (Å²) in [6.45, 7) is 0.492. The van der Waals surface area contributed by atoms with Gasteiger partial charge < -0.3 is 15.5 Å². The number of carbonyl (C=O) groups excluding carboxylic acids is 1. The average molecular weight is 285 g/mol. The summed E-state index contributed by atoms with van der Waals surface area (Å²) in [5.41, 5.74) is 5.82. The molecule has 5 nitrogen and oxygen atoms in total. The van der Waals surface area contributed by atoms with Crippen LogP contribution in [-0.2, 0) is 4.79 Å². The van der Waals surface area contributed by atoms with Gasteiger partial charge in [0.2, 0.25) is 5.91 Å². The molecule has 0 spiro atoms. The molecule has 0 fully saturated rings. The molecule has 108 valence electrons. The highest BCUT2D eigenvalue weighted by Crippen LogP contribution is 2.17. The van der Waals surface area contributed by atoms with Crippen LogP contribution in [0.15, 0.2) is 22.8 Å². The number of nitrogens with two attached hydrogens (primary N) is 1. The molecule has 1 unspecified atom stereocenters. The Bertz CT molecular complexity index is 368. The van der Waals surface area contributed by atoms with E-state index in [0.29, 0.717) is 13.0 Å². The molecule has 1 aromatic heterocycles. The molecule has 1 aromatic rings. The van der Waals surface area contributed by atoms with Crippen LogP contribution in [0.1, 0.15) is 18.2 Å². The summed E-state index contributed by atoms with van der Waals surface area (Å²) in [5.74, 6) is 1.62. The number of nitrogens with one attached hydrogen (secondary N) is 1. The van der Waals surface area contributed by atoms with Gasteiger partial charge in [-0.25, -0.2) is 0 Å². The van der Waals surface area contributed by atoms with Crippen LogP contribution in [0.4, 0.5) is 0 Å². The number of hydrogen-bond acceptors (Lipinski definition) is 5. The van der Waals surface area contributed by atoms with E-state index in [2.05, 4.69) is 5.32 Å². The van der Waals surface area contributed by atoms with Crippen molar-refractivity contribution in [2.75, 3.05) is 32.6 Å². The summed E-state index contributed by atoms with van der Waals surface area (Å²) in [5, 5.41) is 2.89. The van der Waals surface area contributed by atoms with Crippen molar-refractivity contribution < 1.29 is 9.21 Å². The topological polar surface area (TPSA) is 71.5 Å². The van der Waals surface area contributed by atoms with Gasteiger partial charge in [-0.15, -0.1) is 0 Å². The molecule has 1 heterocycles. The Hall–Kier alpha value is -0.980. The first-order valence-corrected chi connectivity index (χ1v) is 7.67. The fourth-order valence-electron chi connectivity index (χ4n) is 1.72. The van der Waals surface area contributed by atoms with E-state index >= 15 is 0 Å². The highest BCUT2D eigenvalue weighted by molar-refractivity contribution is 7.98. The van der Waals surface area contributed by atoms with E-state index in [1.165, 1.54) is 0 Å². The van der Waals surface area contributed by atoms with Crippen molar-refractivity contribution in [2.24, 2.45) is 5.73 Å². The zero-order chi connectivity index (χ0) is 14.3. The van der Waals surface area contributed by atoms with E-state index in [1.54, 1.807) is 18.0 Å². The van der Waals surface area contributed by atoms with Gasteiger partial charge in [-0.2, -0.15) is 11.8 Å². The Labute approximate surface area is 118 Å². The van der Waals surface area contributed by atoms with Crippen molar-refractivity contribution >= 4 is 17.7 Å². The molecule has 0 saturated heterocycles. The van der Waals surface area contributed by atoms with Gasteiger partial charge in [0.1, 0.15) is 5.76 Å². The molecule has 6 heteroatoms. The molecule has 1 rings (SSSR count). The Morgan fingerprint density at radius 2 is 2.32 bits per heavy atom. The summed E-state index contributed by atoms with van der Waals surface area (Å²) in [7, 11) is 3.90. The Morgan fingerprint density at radius 3 is 2.84 bits per heavy atom. The van der Waals surface area contributed by atoms with Crippen molar-refractivity contribution in [3.63, 3.8) is 0 Å². The maximum Gasteiger partial charge on any atom is 0.237 e. The van der Waals surface area contributed by atoms with Crippen molar-refractivity contribution in [1.82, 2.24) is 10.2 Å². The first kappa shape index (κ1) is 16.1. The summed E-state index contributed by atoms with van der Waals surface area (Å²) < 4.78 is 5.39. The monoisotopic (exact) mass is 285 g/mol. The standard InChI is InChI=1S/C13H23N3O2S/c1-16(2)11(12-5-4-7-18-12)9-15-13(17)10(14)6-8-19-3/h4-5,7,10-11H,6,8-9,14H2,1-3H3,(H,15,17)/t10-,11?/m0/s1. The van der Waals surface area contributed by atoms with Gasteiger partial charge in [0.05, 0.1) is 18.3 Å². The fourth-order valence-corrected chi connectivity index (χ4v) is 2.21. The van der Waals surface area contributed by atoms with Gasteiger partial charge in [0, 0.05) is 6.54 Å². The second kappa shape index (κ2) is 8.24. The molecular weight excluding hydrogens is 262 g/mol. The van der Waals surface area contributed by atoms with Crippen LogP contribution < -0.4 is 11.1 Å². The van der Waals surface area contributed by atoms with Crippen molar-refractivity contribution in [3.05, 3.63) is 24.2 Å². The molecule has 0 aliphatic rings. The van der Waals surface area contributed by atoms with Crippen LogP contribution in [0.2, 0.25) is 0 Å². The highest BCUT2D eigenvalue weighted by Gasteiger charge is 2.19. The van der Waals surface area contributed by atoms with E-state index in [1.807, 2.05) is 37.4 Å². The number of likely N-dealkylation sites (N-methyl/N-ethyl adjacent to an activating group) is 1. The molecule has 2 atom stereocenters. The van der Waals surface area contributed by atoms with Gasteiger partial charge >= 0.3 is 0 Å². The van der Waals surface area contributed by atoms with Crippen LogP contribution in [-0.4, -0.2) is 49.5 Å². The molecule has 0 saturated carbocycles. The van der Waals surface area contributed by atoms with Crippen LogP contribution >= 0.6 is 11.8 Å². The SMILES string of the molecule is CSCC[C@H](N)C(=O)NCC(c1ccco1)N(C)C. The number of amides is 1. The van der Waals surface area contributed by atoms with Gasteiger partial charge in [0.25, 0.3) is 0 Å². The van der Waals surface area contributed by atoms with Crippen LogP contribution in [0.5, 0.6) is 0 Å². The molecule has 0 bridgehead atoms. The summed E-state index contributed by atoms with van der Waals surface area (Å²) in [6.07, 6.45) is 4.34. The summed E-state index contributed by atoms with van der Waals surface area (Å²) in [4.78, 5) is 13.9. The maximum atomic E-state index is 11.9. The van der Waals surface area contributed by atoms with E-state index in [4.69, 9.17) is 10.2 Å². The molecule has 0 aliphatic carbocycles. The van der Waals surface area contributed by atoms with Gasteiger partial charge in [-0.1, -0.05) is 0 Å². The van der Waals surface area contributed by atoms with Gasteiger partial charge in [-0.05, 0) is 44.7 Å². The second-order valence-electron chi connectivity index (χ2n) is 4.63. The number of thioether (sulfide) groups is 1.